The van der Waals surface area contributed by atoms with E-state index in [0.29, 0.717) is 11.3 Å². The Morgan fingerprint density at radius 3 is 2.54 bits per heavy atom. The van der Waals surface area contributed by atoms with E-state index in [1.165, 1.54) is 7.11 Å². The summed E-state index contributed by atoms with van der Waals surface area (Å²) in [6, 6.07) is 7.61. The van der Waals surface area contributed by atoms with Gasteiger partial charge < -0.3 is 20.1 Å². The smallest absolute Gasteiger partial charge is 0.329 e. The van der Waals surface area contributed by atoms with Crippen LogP contribution in [0.2, 0.25) is 0 Å². The average molecular weight is 361 g/mol. The molecule has 26 heavy (non-hydrogen) atoms. The van der Waals surface area contributed by atoms with E-state index >= 15 is 0 Å². The Labute approximate surface area is 152 Å². The molecule has 1 aromatic rings. The quantitative estimate of drug-likeness (QED) is 0.501. The van der Waals surface area contributed by atoms with Gasteiger partial charge in [-0.2, -0.15) is 5.26 Å². The summed E-state index contributed by atoms with van der Waals surface area (Å²) in [7, 11) is 1.45. The summed E-state index contributed by atoms with van der Waals surface area (Å²) in [5.74, 6) is -1.55. The molecule has 1 rings (SSSR count). The van der Waals surface area contributed by atoms with E-state index < -0.39 is 30.4 Å². The van der Waals surface area contributed by atoms with Crippen LogP contribution in [0.25, 0.3) is 0 Å². The number of para-hydroxylation sites is 1. The Hall–Kier alpha value is -3.08. The Balaban J connectivity index is 2.68. The molecule has 0 aliphatic heterocycles. The van der Waals surface area contributed by atoms with Gasteiger partial charge in [0.25, 0.3) is 11.8 Å². The zero-order valence-electron chi connectivity index (χ0n) is 15.1. The molecule has 0 bridgehead atoms. The van der Waals surface area contributed by atoms with Crippen molar-refractivity contribution < 1.29 is 23.9 Å². The minimum atomic E-state index is -0.917. The molecule has 0 fully saturated rings. The highest BCUT2D eigenvalue weighted by atomic mass is 16.5. The van der Waals surface area contributed by atoms with Crippen molar-refractivity contribution in [3.8, 4) is 11.8 Å². The summed E-state index contributed by atoms with van der Waals surface area (Å²) in [5.41, 5.74) is 0.294. The van der Waals surface area contributed by atoms with Crippen molar-refractivity contribution in [1.29, 1.82) is 5.26 Å². The van der Waals surface area contributed by atoms with E-state index in [0.717, 1.165) is 0 Å². The third-order valence-electron chi connectivity index (χ3n) is 3.46. The highest BCUT2D eigenvalue weighted by Crippen LogP contribution is 2.17. The molecular formula is C18H23N3O5. The van der Waals surface area contributed by atoms with Crippen LogP contribution in [0.1, 0.15) is 30.6 Å². The molecule has 0 radical (unpaired) electrons. The molecule has 0 aliphatic rings. The maximum atomic E-state index is 12.4. The van der Waals surface area contributed by atoms with E-state index in [-0.39, 0.29) is 18.9 Å². The number of hydrogen-bond acceptors (Lipinski definition) is 6. The topological polar surface area (TPSA) is 118 Å². The lowest BCUT2D eigenvalue weighted by molar-refractivity contribution is -0.151. The number of nitriles is 1. The predicted octanol–water partition coefficient (Wildman–Crippen LogP) is 1.02. The van der Waals surface area contributed by atoms with Crippen LogP contribution in [0.5, 0.6) is 5.75 Å². The van der Waals surface area contributed by atoms with Crippen LogP contribution >= 0.6 is 0 Å². The Kier molecular flexibility index (Phi) is 8.64. The number of carbonyl (C=O) groups excluding carboxylic acids is 3. The molecular weight excluding hydrogens is 338 g/mol. The van der Waals surface area contributed by atoms with E-state index in [1.807, 2.05) is 6.07 Å². The number of methoxy groups -OCH3 is 1. The summed E-state index contributed by atoms with van der Waals surface area (Å²) in [6.45, 7) is 3.21. The van der Waals surface area contributed by atoms with Gasteiger partial charge in [-0.3, -0.25) is 9.59 Å². The van der Waals surface area contributed by atoms with Crippen molar-refractivity contribution >= 4 is 17.8 Å². The number of carbonyl (C=O) groups is 3. The molecule has 0 aliphatic carbocycles. The van der Waals surface area contributed by atoms with Gasteiger partial charge in [-0.1, -0.05) is 26.0 Å². The van der Waals surface area contributed by atoms with Crippen LogP contribution in [0.3, 0.4) is 0 Å². The summed E-state index contributed by atoms with van der Waals surface area (Å²) in [5, 5.41) is 13.5. The molecule has 0 heterocycles. The first-order valence-electron chi connectivity index (χ1n) is 8.14. The van der Waals surface area contributed by atoms with Gasteiger partial charge in [0.05, 0.1) is 25.2 Å². The normalized spacial score (nSPS) is 11.2. The van der Waals surface area contributed by atoms with Crippen LogP contribution in [0, 0.1) is 17.2 Å². The average Bonchev–Trinajstić information content (AvgIpc) is 2.63. The van der Waals surface area contributed by atoms with E-state index in [2.05, 4.69) is 10.6 Å². The number of ether oxygens (including phenoxy) is 2. The van der Waals surface area contributed by atoms with E-state index in [9.17, 15) is 14.4 Å². The van der Waals surface area contributed by atoms with Gasteiger partial charge in [-0.25, -0.2) is 4.79 Å². The Bertz CT molecular complexity index is 682. The van der Waals surface area contributed by atoms with Crippen LogP contribution < -0.4 is 15.4 Å². The highest BCUT2D eigenvalue weighted by Gasteiger charge is 2.27. The Morgan fingerprint density at radius 1 is 1.23 bits per heavy atom. The van der Waals surface area contributed by atoms with Gasteiger partial charge in [0.15, 0.2) is 6.61 Å². The molecule has 0 unspecified atom stereocenters. The zero-order chi connectivity index (χ0) is 19.5. The summed E-state index contributed by atoms with van der Waals surface area (Å²) < 4.78 is 10.1. The lowest BCUT2D eigenvalue weighted by Gasteiger charge is -2.21. The monoisotopic (exact) mass is 361 g/mol. The molecule has 8 heteroatoms. The number of esters is 1. The van der Waals surface area contributed by atoms with Gasteiger partial charge in [-0.05, 0) is 18.1 Å². The second-order valence-corrected chi connectivity index (χ2v) is 5.76. The molecule has 0 aromatic heterocycles. The first-order valence-corrected chi connectivity index (χ1v) is 8.14. The number of nitrogens with zero attached hydrogens (tertiary/aromatic N) is 1. The fourth-order valence-electron chi connectivity index (χ4n) is 2.08. The third-order valence-corrected chi connectivity index (χ3v) is 3.46. The molecule has 0 saturated carbocycles. The van der Waals surface area contributed by atoms with Crippen LogP contribution in [-0.4, -0.2) is 44.1 Å². The summed E-state index contributed by atoms with van der Waals surface area (Å²) >= 11 is 0. The number of nitrogens with one attached hydrogen (secondary N) is 2. The Morgan fingerprint density at radius 2 is 1.92 bits per heavy atom. The molecule has 2 N–H and O–H groups in total. The number of amides is 2. The molecule has 0 spiro atoms. The molecule has 1 aromatic carbocycles. The van der Waals surface area contributed by atoms with Crippen LogP contribution in [-0.2, 0) is 14.3 Å². The fourth-order valence-corrected chi connectivity index (χ4v) is 2.08. The largest absolute Gasteiger partial charge is 0.496 e. The third kappa shape index (κ3) is 6.43. The lowest BCUT2D eigenvalue weighted by Crippen LogP contribution is -2.46. The first-order chi connectivity index (χ1) is 12.4. The predicted molar refractivity (Wildman–Crippen MR) is 93.3 cm³/mol. The molecule has 0 saturated heterocycles. The van der Waals surface area contributed by atoms with Gasteiger partial charge in [0.1, 0.15) is 11.8 Å². The van der Waals surface area contributed by atoms with Crippen molar-refractivity contribution in [3.05, 3.63) is 29.8 Å². The second kappa shape index (κ2) is 10.7. The van der Waals surface area contributed by atoms with Gasteiger partial charge >= 0.3 is 5.97 Å². The van der Waals surface area contributed by atoms with Crippen molar-refractivity contribution in [1.82, 2.24) is 10.6 Å². The number of rotatable bonds is 9. The standard InChI is InChI=1S/C18H23N3O5/c1-12(2)16(18(24)26-11-15(22)20-10-6-9-19)21-17(23)13-7-4-5-8-14(13)25-3/h4-5,7-8,12,16H,6,10-11H2,1-3H3,(H,20,22)(H,21,23)/t16-/m0/s1. The molecule has 8 nitrogen and oxygen atoms in total. The zero-order valence-corrected chi connectivity index (χ0v) is 15.1. The van der Waals surface area contributed by atoms with Gasteiger partial charge in [0, 0.05) is 6.54 Å². The fraction of sp³-hybridized carbons (Fsp3) is 0.444. The van der Waals surface area contributed by atoms with E-state index in [4.69, 9.17) is 14.7 Å². The van der Waals surface area contributed by atoms with Gasteiger partial charge in [-0.15, -0.1) is 0 Å². The van der Waals surface area contributed by atoms with Crippen molar-refractivity contribution in [3.63, 3.8) is 0 Å². The van der Waals surface area contributed by atoms with Crippen molar-refractivity contribution in [2.24, 2.45) is 5.92 Å². The van der Waals surface area contributed by atoms with Crippen LogP contribution in [0.15, 0.2) is 24.3 Å². The maximum Gasteiger partial charge on any atom is 0.329 e. The summed E-state index contributed by atoms with van der Waals surface area (Å²) in [4.78, 5) is 36.2. The molecule has 1 atom stereocenters. The first kappa shape index (κ1) is 21.0. The van der Waals surface area contributed by atoms with Crippen molar-refractivity contribution in [2.45, 2.75) is 26.3 Å². The second-order valence-electron chi connectivity index (χ2n) is 5.76. The minimum Gasteiger partial charge on any atom is -0.496 e. The SMILES string of the molecule is COc1ccccc1C(=O)N[C@H](C(=O)OCC(=O)NCCC#N)C(C)C. The maximum absolute atomic E-state index is 12.4. The minimum absolute atomic E-state index is 0.170. The van der Waals surface area contributed by atoms with E-state index in [1.54, 1.807) is 38.1 Å². The van der Waals surface area contributed by atoms with Crippen molar-refractivity contribution in [2.75, 3.05) is 20.3 Å². The summed E-state index contributed by atoms with van der Waals surface area (Å²) in [6.07, 6.45) is 0.170. The molecule has 2 amide bonds. The molecule has 140 valence electrons. The van der Waals surface area contributed by atoms with Gasteiger partial charge in [0.2, 0.25) is 0 Å². The number of benzene rings is 1. The van der Waals surface area contributed by atoms with Crippen LogP contribution in [0.4, 0.5) is 0 Å². The highest BCUT2D eigenvalue weighted by molar-refractivity contribution is 5.99. The lowest BCUT2D eigenvalue weighted by atomic mass is 10.0. The number of hydrogen-bond donors (Lipinski definition) is 2.